The fourth-order valence-corrected chi connectivity index (χ4v) is 2.60. The highest BCUT2D eigenvalue weighted by molar-refractivity contribution is 7.13. The number of rotatable bonds is 4. The minimum atomic E-state index is -0.579. The number of nitrogens with one attached hydrogen (secondary N) is 1. The monoisotopic (exact) mass is 318 g/mol. The predicted molar refractivity (Wildman–Crippen MR) is 90.7 cm³/mol. The van der Waals surface area contributed by atoms with Gasteiger partial charge in [-0.15, -0.1) is 11.3 Å². The van der Waals surface area contributed by atoms with Crippen LogP contribution in [0.3, 0.4) is 0 Å². The molecular weight excluding hydrogens is 296 g/mol. The van der Waals surface area contributed by atoms with E-state index in [9.17, 15) is 4.79 Å². The molecule has 1 heterocycles. The molecule has 0 saturated carbocycles. The molecule has 0 aliphatic heterocycles. The molecule has 118 valence electrons. The van der Waals surface area contributed by atoms with Gasteiger partial charge >= 0.3 is 0 Å². The molecule has 0 fully saturated rings. The fourth-order valence-electron chi connectivity index (χ4n) is 1.91. The lowest BCUT2D eigenvalue weighted by molar-refractivity contribution is -0.122. The summed E-state index contributed by atoms with van der Waals surface area (Å²) in [6, 6.07) is 7.87. The Morgan fingerprint density at radius 2 is 1.91 bits per heavy atom. The molecule has 2 rings (SSSR count). The third kappa shape index (κ3) is 4.31. The first kappa shape index (κ1) is 16.5. The van der Waals surface area contributed by atoms with E-state index in [0.29, 0.717) is 10.9 Å². The molecular formula is C17H22N2O2S. The van der Waals surface area contributed by atoms with Crippen LogP contribution in [-0.4, -0.2) is 17.0 Å². The minimum Gasteiger partial charge on any atom is -0.481 e. The lowest BCUT2D eigenvalue weighted by Gasteiger charge is -2.20. The number of anilines is 1. The summed E-state index contributed by atoms with van der Waals surface area (Å²) in [5.41, 5.74) is 2.23. The Morgan fingerprint density at radius 1 is 1.27 bits per heavy atom. The van der Waals surface area contributed by atoms with Crippen LogP contribution in [0.2, 0.25) is 0 Å². The molecule has 1 aromatic heterocycles. The highest BCUT2D eigenvalue weighted by Crippen LogP contribution is 2.24. The van der Waals surface area contributed by atoms with Gasteiger partial charge in [0.15, 0.2) is 11.2 Å². The SMILES string of the molecule is Cc1csc(NC(=O)[C@@H](C)Oc2ccc(C(C)(C)C)cc2)n1. The summed E-state index contributed by atoms with van der Waals surface area (Å²) in [6.07, 6.45) is -0.579. The van der Waals surface area contributed by atoms with Gasteiger partial charge < -0.3 is 4.74 Å². The lowest BCUT2D eigenvalue weighted by atomic mass is 9.87. The zero-order chi connectivity index (χ0) is 16.3. The highest BCUT2D eigenvalue weighted by Gasteiger charge is 2.17. The van der Waals surface area contributed by atoms with Crippen LogP contribution in [0.25, 0.3) is 0 Å². The summed E-state index contributed by atoms with van der Waals surface area (Å²) < 4.78 is 5.69. The van der Waals surface area contributed by atoms with Crippen molar-refractivity contribution in [1.29, 1.82) is 0 Å². The molecule has 0 bridgehead atoms. The molecule has 1 amide bonds. The van der Waals surface area contributed by atoms with E-state index in [-0.39, 0.29) is 11.3 Å². The van der Waals surface area contributed by atoms with Crippen LogP contribution in [0.1, 0.15) is 39.0 Å². The zero-order valence-electron chi connectivity index (χ0n) is 13.6. The van der Waals surface area contributed by atoms with Gasteiger partial charge in [0.25, 0.3) is 5.91 Å². The lowest BCUT2D eigenvalue weighted by Crippen LogP contribution is -2.30. The summed E-state index contributed by atoms with van der Waals surface area (Å²) in [6.45, 7) is 10.1. The van der Waals surface area contributed by atoms with Gasteiger partial charge in [0, 0.05) is 5.38 Å². The van der Waals surface area contributed by atoms with Gasteiger partial charge in [-0.1, -0.05) is 32.9 Å². The normalized spacial score (nSPS) is 12.8. The molecule has 22 heavy (non-hydrogen) atoms. The van der Waals surface area contributed by atoms with Crippen LogP contribution in [-0.2, 0) is 10.2 Å². The standard InChI is InChI=1S/C17H22N2O2S/c1-11-10-22-16(18-11)19-15(20)12(2)21-14-8-6-13(7-9-14)17(3,4)5/h6-10,12H,1-5H3,(H,18,19,20)/t12-/m1/s1. The molecule has 1 atom stereocenters. The van der Waals surface area contributed by atoms with E-state index in [1.54, 1.807) is 6.92 Å². The molecule has 4 nitrogen and oxygen atoms in total. The first-order chi connectivity index (χ1) is 10.3. The van der Waals surface area contributed by atoms with Crippen molar-refractivity contribution in [2.75, 3.05) is 5.32 Å². The Labute approximate surface area is 135 Å². The van der Waals surface area contributed by atoms with Crippen LogP contribution >= 0.6 is 11.3 Å². The first-order valence-corrected chi connectivity index (χ1v) is 8.14. The number of hydrogen-bond donors (Lipinski definition) is 1. The predicted octanol–water partition coefficient (Wildman–Crippen LogP) is 4.16. The molecule has 0 spiro atoms. The number of carbonyl (C=O) groups is 1. The van der Waals surface area contributed by atoms with Crippen LogP contribution in [0, 0.1) is 6.92 Å². The van der Waals surface area contributed by atoms with Crippen LogP contribution in [0.15, 0.2) is 29.6 Å². The van der Waals surface area contributed by atoms with Crippen molar-refractivity contribution >= 4 is 22.4 Å². The van der Waals surface area contributed by atoms with Crippen molar-refractivity contribution in [2.45, 2.75) is 46.1 Å². The van der Waals surface area contributed by atoms with Gasteiger partial charge in [0.1, 0.15) is 5.75 Å². The van der Waals surface area contributed by atoms with Crippen LogP contribution in [0.4, 0.5) is 5.13 Å². The number of hydrogen-bond acceptors (Lipinski definition) is 4. The van der Waals surface area contributed by atoms with Crippen molar-refractivity contribution in [3.05, 3.63) is 40.9 Å². The number of nitrogens with zero attached hydrogens (tertiary/aromatic N) is 1. The first-order valence-electron chi connectivity index (χ1n) is 7.26. The van der Waals surface area contributed by atoms with Crippen molar-refractivity contribution in [1.82, 2.24) is 4.98 Å². The molecule has 0 aliphatic rings. The molecule has 0 aliphatic carbocycles. The summed E-state index contributed by atoms with van der Waals surface area (Å²) in [4.78, 5) is 16.3. The zero-order valence-corrected chi connectivity index (χ0v) is 14.5. The second-order valence-corrected chi connectivity index (χ2v) is 7.18. The maximum atomic E-state index is 12.1. The van der Waals surface area contributed by atoms with E-state index in [4.69, 9.17) is 4.74 Å². The molecule has 1 N–H and O–H groups in total. The van der Waals surface area contributed by atoms with Gasteiger partial charge in [0.2, 0.25) is 0 Å². The molecule has 0 saturated heterocycles. The Morgan fingerprint density at radius 3 is 2.41 bits per heavy atom. The molecule has 5 heteroatoms. The molecule has 0 radical (unpaired) electrons. The fraction of sp³-hybridized carbons (Fsp3) is 0.412. The van der Waals surface area contributed by atoms with E-state index < -0.39 is 6.10 Å². The maximum absolute atomic E-state index is 12.1. The smallest absolute Gasteiger partial charge is 0.266 e. The summed E-state index contributed by atoms with van der Waals surface area (Å²) in [5, 5.41) is 5.26. The second kappa shape index (κ2) is 6.48. The Kier molecular flexibility index (Phi) is 4.86. The van der Waals surface area contributed by atoms with E-state index in [1.165, 1.54) is 16.9 Å². The van der Waals surface area contributed by atoms with Gasteiger partial charge in [-0.25, -0.2) is 4.98 Å². The maximum Gasteiger partial charge on any atom is 0.266 e. The molecule has 1 aromatic carbocycles. The summed E-state index contributed by atoms with van der Waals surface area (Å²) in [7, 11) is 0. The minimum absolute atomic E-state index is 0.101. The van der Waals surface area contributed by atoms with Crippen molar-refractivity contribution in [3.8, 4) is 5.75 Å². The van der Waals surface area contributed by atoms with Crippen molar-refractivity contribution in [3.63, 3.8) is 0 Å². The third-order valence-corrected chi connectivity index (χ3v) is 4.13. The van der Waals surface area contributed by atoms with E-state index in [1.807, 2.05) is 36.6 Å². The Hall–Kier alpha value is -1.88. The van der Waals surface area contributed by atoms with E-state index in [0.717, 1.165) is 5.69 Å². The number of ether oxygens (including phenoxy) is 1. The largest absolute Gasteiger partial charge is 0.481 e. The third-order valence-electron chi connectivity index (χ3n) is 3.25. The number of benzene rings is 1. The van der Waals surface area contributed by atoms with Crippen LogP contribution in [0.5, 0.6) is 5.75 Å². The topological polar surface area (TPSA) is 51.2 Å². The number of thiazole rings is 1. The highest BCUT2D eigenvalue weighted by atomic mass is 32.1. The number of amides is 1. The quantitative estimate of drug-likeness (QED) is 0.921. The second-order valence-electron chi connectivity index (χ2n) is 6.32. The average molecular weight is 318 g/mol. The summed E-state index contributed by atoms with van der Waals surface area (Å²) >= 11 is 1.41. The van der Waals surface area contributed by atoms with E-state index >= 15 is 0 Å². The molecule has 0 unspecified atom stereocenters. The van der Waals surface area contributed by atoms with E-state index in [2.05, 4.69) is 31.1 Å². The number of carbonyl (C=O) groups excluding carboxylic acids is 1. The molecule has 2 aromatic rings. The van der Waals surface area contributed by atoms with Crippen LogP contribution < -0.4 is 10.1 Å². The van der Waals surface area contributed by atoms with Crippen molar-refractivity contribution in [2.24, 2.45) is 0 Å². The van der Waals surface area contributed by atoms with Crippen molar-refractivity contribution < 1.29 is 9.53 Å². The number of aromatic nitrogens is 1. The van der Waals surface area contributed by atoms with Gasteiger partial charge in [0.05, 0.1) is 5.69 Å². The number of aryl methyl sites for hydroxylation is 1. The Balaban J connectivity index is 1.96. The van der Waals surface area contributed by atoms with Gasteiger partial charge in [-0.05, 0) is 37.0 Å². The van der Waals surface area contributed by atoms with Gasteiger partial charge in [-0.3, -0.25) is 10.1 Å². The average Bonchev–Trinajstić information content (AvgIpc) is 2.83. The van der Waals surface area contributed by atoms with Gasteiger partial charge in [-0.2, -0.15) is 0 Å². The summed E-state index contributed by atoms with van der Waals surface area (Å²) in [5.74, 6) is 0.486. The Bertz CT molecular complexity index is 641.